The van der Waals surface area contributed by atoms with Gasteiger partial charge >= 0.3 is 6.36 Å². The normalized spacial score (nSPS) is 11.0. The lowest BCUT2D eigenvalue weighted by molar-refractivity contribution is -0.274. The Bertz CT molecular complexity index is 637. The van der Waals surface area contributed by atoms with E-state index in [0.717, 1.165) is 12.1 Å². The Hall–Kier alpha value is -2.70. The van der Waals surface area contributed by atoms with Gasteiger partial charge in [0.1, 0.15) is 11.5 Å². The zero-order chi connectivity index (χ0) is 16.2. The molecule has 0 radical (unpaired) electrons. The predicted molar refractivity (Wildman–Crippen MR) is 73.6 cm³/mol. The summed E-state index contributed by atoms with van der Waals surface area (Å²) in [6.07, 6.45) is -4.66. The Morgan fingerprint density at radius 1 is 1.05 bits per heavy atom. The van der Waals surface area contributed by atoms with Gasteiger partial charge in [-0.15, -0.1) is 13.2 Å². The maximum Gasteiger partial charge on any atom is 0.573 e. The van der Waals surface area contributed by atoms with E-state index in [2.05, 4.69) is 10.1 Å². The summed E-state index contributed by atoms with van der Waals surface area (Å²) < 4.78 is 39.8. The lowest BCUT2D eigenvalue weighted by Crippen LogP contribution is -2.17. The van der Waals surface area contributed by atoms with Crippen LogP contribution in [-0.4, -0.2) is 17.4 Å². The first-order valence-corrected chi connectivity index (χ1v) is 6.25. The Morgan fingerprint density at radius 3 is 2.18 bits per heavy atom. The molecule has 2 rings (SSSR count). The molecule has 22 heavy (non-hydrogen) atoms. The number of nitrogens with one attached hydrogen (secondary N) is 1. The molecule has 0 atom stereocenters. The minimum atomic E-state index is -4.75. The van der Waals surface area contributed by atoms with Gasteiger partial charge in [0, 0.05) is 5.69 Å². The van der Waals surface area contributed by atoms with E-state index in [4.69, 9.17) is 5.11 Å². The van der Waals surface area contributed by atoms with Gasteiger partial charge in [0.25, 0.3) is 0 Å². The number of halogens is 3. The molecule has 7 heteroatoms. The predicted octanol–water partition coefficient (Wildman–Crippen LogP) is 3.47. The smallest absolute Gasteiger partial charge is 0.508 e. The van der Waals surface area contributed by atoms with Gasteiger partial charge in [-0.1, -0.05) is 12.1 Å². The number of carbonyl (C=O) groups excluding carboxylic acids is 1. The van der Waals surface area contributed by atoms with Crippen LogP contribution in [0.15, 0.2) is 48.5 Å². The maximum absolute atomic E-state index is 12.0. The molecule has 2 N–H and O–H groups in total. The van der Waals surface area contributed by atoms with Crippen molar-refractivity contribution in [2.45, 2.75) is 12.8 Å². The molecule has 0 saturated carbocycles. The lowest BCUT2D eigenvalue weighted by Gasteiger charge is -2.10. The minimum Gasteiger partial charge on any atom is -0.508 e. The van der Waals surface area contributed by atoms with Crippen LogP contribution in [-0.2, 0) is 11.2 Å². The number of benzene rings is 2. The van der Waals surface area contributed by atoms with Crippen molar-refractivity contribution in [3.05, 3.63) is 54.1 Å². The monoisotopic (exact) mass is 311 g/mol. The zero-order valence-corrected chi connectivity index (χ0v) is 11.2. The topological polar surface area (TPSA) is 58.6 Å². The summed E-state index contributed by atoms with van der Waals surface area (Å²) in [5.74, 6) is -0.580. The highest BCUT2D eigenvalue weighted by molar-refractivity contribution is 5.92. The number of rotatable bonds is 4. The van der Waals surface area contributed by atoms with E-state index in [1.165, 1.54) is 24.3 Å². The van der Waals surface area contributed by atoms with E-state index in [1.807, 2.05) is 0 Å². The van der Waals surface area contributed by atoms with Crippen LogP contribution in [0, 0.1) is 0 Å². The molecule has 0 aliphatic rings. The largest absolute Gasteiger partial charge is 0.573 e. The van der Waals surface area contributed by atoms with E-state index in [-0.39, 0.29) is 23.8 Å². The molecule has 0 aliphatic carbocycles. The highest BCUT2D eigenvalue weighted by Crippen LogP contribution is 2.24. The number of phenolic OH excluding ortho intramolecular Hbond substituents is 1. The molecule has 2 aromatic carbocycles. The Balaban J connectivity index is 1.93. The average Bonchev–Trinajstić information content (AvgIpc) is 2.42. The summed E-state index contributed by atoms with van der Waals surface area (Å²) in [6, 6.07) is 11.0. The molecule has 0 aliphatic heterocycles. The van der Waals surface area contributed by atoms with Crippen LogP contribution in [0.5, 0.6) is 11.5 Å². The summed E-state index contributed by atoms with van der Waals surface area (Å²) in [6.45, 7) is 0. The lowest BCUT2D eigenvalue weighted by atomic mass is 10.1. The molecular weight excluding hydrogens is 299 g/mol. The van der Waals surface area contributed by atoms with E-state index >= 15 is 0 Å². The van der Waals surface area contributed by atoms with Crippen molar-refractivity contribution >= 4 is 11.6 Å². The van der Waals surface area contributed by atoms with Crippen LogP contribution in [0.4, 0.5) is 18.9 Å². The van der Waals surface area contributed by atoms with E-state index in [9.17, 15) is 18.0 Å². The van der Waals surface area contributed by atoms with E-state index in [0.29, 0.717) is 11.3 Å². The summed E-state index contributed by atoms with van der Waals surface area (Å²) >= 11 is 0. The number of alkyl halides is 3. The quantitative estimate of drug-likeness (QED) is 0.909. The SMILES string of the molecule is O=C(Cc1ccc(O)cc1)Nc1ccc(OC(F)(F)F)cc1. The molecule has 0 unspecified atom stereocenters. The van der Waals surface area contributed by atoms with Crippen LogP contribution >= 0.6 is 0 Å². The van der Waals surface area contributed by atoms with Crippen molar-refractivity contribution in [3.63, 3.8) is 0 Å². The zero-order valence-electron chi connectivity index (χ0n) is 11.2. The van der Waals surface area contributed by atoms with Crippen LogP contribution in [0.3, 0.4) is 0 Å². The van der Waals surface area contributed by atoms with Gasteiger partial charge in [-0.05, 0) is 42.0 Å². The molecule has 116 valence electrons. The second-order valence-corrected chi connectivity index (χ2v) is 4.46. The molecule has 0 heterocycles. The number of aromatic hydroxyl groups is 1. The van der Waals surface area contributed by atoms with Crippen LogP contribution in [0.25, 0.3) is 0 Å². The molecule has 0 spiro atoms. The standard InChI is InChI=1S/C15H12F3NO3/c16-15(17,18)22-13-7-3-11(4-8-13)19-14(21)9-10-1-5-12(20)6-2-10/h1-8,20H,9H2,(H,19,21). The van der Waals surface area contributed by atoms with Gasteiger partial charge in [-0.3, -0.25) is 4.79 Å². The number of hydrogen-bond donors (Lipinski definition) is 2. The first kappa shape index (κ1) is 15.7. The van der Waals surface area contributed by atoms with Gasteiger partial charge in [0.15, 0.2) is 0 Å². The van der Waals surface area contributed by atoms with Crippen LogP contribution in [0.2, 0.25) is 0 Å². The first-order valence-electron chi connectivity index (χ1n) is 6.25. The molecule has 1 amide bonds. The van der Waals surface area contributed by atoms with Crippen molar-refractivity contribution in [3.8, 4) is 11.5 Å². The maximum atomic E-state index is 12.0. The van der Waals surface area contributed by atoms with Gasteiger partial charge in [-0.2, -0.15) is 0 Å². The van der Waals surface area contributed by atoms with E-state index < -0.39 is 6.36 Å². The third kappa shape index (κ3) is 5.01. The third-order valence-electron chi connectivity index (χ3n) is 2.67. The van der Waals surface area contributed by atoms with Crippen molar-refractivity contribution in [2.75, 3.05) is 5.32 Å². The molecule has 0 fully saturated rings. The van der Waals surface area contributed by atoms with Crippen molar-refractivity contribution in [1.29, 1.82) is 0 Å². The van der Waals surface area contributed by atoms with Gasteiger partial charge in [-0.25, -0.2) is 0 Å². The molecular formula is C15H12F3NO3. The first-order chi connectivity index (χ1) is 10.3. The number of ether oxygens (including phenoxy) is 1. The molecule has 2 aromatic rings. The Kier molecular flexibility index (Phi) is 4.55. The Labute approximate surface area is 124 Å². The van der Waals surface area contributed by atoms with Gasteiger partial charge in [0.05, 0.1) is 6.42 Å². The second-order valence-electron chi connectivity index (χ2n) is 4.46. The van der Waals surface area contributed by atoms with Crippen LogP contribution in [0.1, 0.15) is 5.56 Å². The fraction of sp³-hybridized carbons (Fsp3) is 0.133. The summed E-state index contributed by atoms with van der Waals surface area (Å²) in [5.41, 5.74) is 1.06. The van der Waals surface area contributed by atoms with Crippen molar-refractivity contribution < 1.29 is 27.8 Å². The second kappa shape index (κ2) is 6.38. The minimum absolute atomic E-state index is 0.0844. The number of carbonyl (C=O) groups is 1. The number of amides is 1. The van der Waals surface area contributed by atoms with Crippen molar-refractivity contribution in [2.24, 2.45) is 0 Å². The van der Waals surface area contributed by atoms with Crippen molar-refractivity contribution in [1.82, 2.24) is 0 Å². The molecule has 0 saturated heterocycles. The molecule has 0 bridgehead atoms. The summed E-state index contributed by atoms with van der Waals surface area (Å²) in [7, 11) is 0. The van der Waals surface area contributed by atoms with Crippen LogP contribution < -0.4 is 10.1 Å². The fourth-order valence-electron chi connectivity index (χ4n) is 1.74. The number of anilines is 1. The molecule has 4 nitrogen and oxygen atoms in total. The third-order valence-corrected chi connectivity index (χ3v) is 2.67. The average molecular weight is 311 g/mol. The highest BCUT2D eigenvalue weighted by Gasteiger charge is 2.30. The van der Waals surface area contributed by atoms with Gasteiger partial charge < -0.3 is 15.2 Å². The number of hydrogen-bond acceptors (Lipinski definition) is 3. The fourth-order valence-corrected chi connectivity index (χ4v) is 1.74. The number of phenols is 1. The summed E-state index contributed by atoms with van der Waals surface area (Å²) in [5, 5.41) is 11.7. The van der Waals surface area contributed by atoms with E-state index in [1.54, 1.807) is 12.1 Å². The highest BCUT2D eigenvalue weighted by atomic mass is 19.4. The Morgan fingerprint density at radius 2 is 1.64 bits per heavy atom. The van der Waals surface area contributed by atoms with Gasteiger partial charge in [0.2, 0.25) is 5.91 Å². The summed E-state index contributed by atoms with van der Waals surface area (Å²) in [4.78, 5) is 11.8. The molecule has 0 aromatic heterocycles.